The van der Waals surface area contributed by atoms with Crippen molar-refractivity contribution in [2.75, 3.05) is 0 Å². The van der Waals surface area contributed by atoms with Crippen LogP contribution in [-0.4, -0.2) is 10.8 Å². The summed E-state index contributed by atoms with van der Waals surface area (Å²) in [6.45, 7) is 8.24. The molecule has 20 heavy (non-hydrogen) atoms. The van der Waals surface area contributed by atoms with E-state index >= 15 is 0 Å². The van der Waals surface area contributed by atoms with Crippen molar-refractivity contribution in [1.82, 2.24) is 4.98 Å². The number of pyridine rings is 1. The van der Waals surface area contributed by atoms with Crippen LogP contribution in [0.2, 0.25) is 0 Å². The zero-order chi connectivity index (χ0) is 14.4. The van der Waals surface area contributed by atoms with Crippen LogP contribution in [0.1, 0.15) is 45.6 Å². The van der Waals surface area contributed by atoms with Crippen molar-refractivity contribution in [2.45, 2.75) is 33.1 Å². The van der Waals surface area contributed by atoms with E-state index in [0.717, 1.165) is 44.1 Å². The zero-order valence-corrected chi connectivity index (χ0v) is 13.9. The lowest BCUT2D eigenvalue weighted by Crippen LogP contribution is -2.15. The van der Waals surface area contributed by atoms with Crippen molar-refractivity contribution < 1.29 is 4.79 Å². The first-order valence-electron chi connectivity index (χ1n) is 6.81. The smallest absolute Gasteiger partial charge is 0.165 e. The van der Waals surface area contributed by atoms with Crippen LogP contribution in [0.3, 0.4) is 0 Å². The SMILES string of the molecule is C=C(I)c1c2c(nc3c(C)cc(C)cc13)CCCC2=O. The summed E-state index contributed by atoms with van der Waals surface area (Å²) in [6, 6.07) is 4.27. The van der Waals surface area contributed by atoms with E-state index in [4.69, 9.17) is 4.98 Å². The number of aryl methyl sites for hydroxylation is 3. The van der Waals surface area contributed by atoms with Crippen molar-refractivity contribution in [3.8, 4) is 0 Å². The van der Waals surface area contributed by atoms with Crippen LogP contribution < -0.4 is 0 Å². The number of hydrogen-bond acceptors (Lipinski definition) is 2. The Kier molecular flexibility index (Phi) is 3.40. The fourth-order valence-corrected chi connectivity index (χ4v) is 3.63. The van der Waals surface area contributed by atoms with Gasteiger partial charge in [0.05, 0.1) is 11.2 Å². The Balaban J connectivity index is 2.51. The van der Waals surface area contributed by atoms with Gasteiger partial charge in [0.15, 0.2) is 5.78 Å². The molecule has 2 aromatic rings. The first-order chi connectivity index (χ1) is 9.49. The number of ketones is 1. The number of carbonyl (C=O) groups excluding carboxylic acids is 1. The third-order valence-corrected chi connectivity index (χ3v) is 4.41. The number of hydrogen-bond donors (Lipinski definition) is 0. The number of Topliss-reactive ketones (excluding diaryl/α,β-unsaturated/α-hetero) is 1. The van der Waals surface area contributed by atoms with Gasteiger partial charge in [-0.1, -0.05) is 18.2 Å². The maximum absolute atomic E-state index is 12.3. The quantitative estimate of drug-likeness (QED) is 0.670. The fraction of sp³-hybridized carbons (Fsp3) is 0.294. The van der Waals surface area contributed by atoms with Gasteiger partial charge >= 0.3 is 0 Å². The van der Waals surface area contributed by atoms with E-state index < -0.39 is 0 Å². The van der Waals surface area contributed by atoms with Gasteiger partial charge in [-0.25, -0.2) is 0 Å². The van der Waals surface area contributed by atoms with Gasteiger partial charge in [-0.3, -0.25) is 9.78 Å². The minimum absolute atomic E-state index is 0.215. The Morgan fingerprint density at radius 3 is 2.75 bits per heavy atom. The second-order valence-corrected chi connectivity index (χ2v) is 6.77. The molecule has 0 saturated carbocycles. The van der Waals surface area contributed by atoms with Gasteiger partial charge in [-0.2, -0.15) is 0 Å². The molecule has 3 rings (SSSR count). The van der Waals surface area contributed by atoms with Crippen molar-refractivity contribution in [1.29, 1.82) is 0 Å². The second-order valence-electron chi connectivity index (χ2n) is 5.47. The summed E-state index contributed by atoms with van der Waals surface area (Å²) >= 11 is 2.22. The first kappa shape index (κ1) is 13.7. The van der Waals surface area contributed by atoms with Crippen LogP contribution >= 0.6 is 22.6 Å². The van der Waals surface area contributed by atoms with E-state index in [0.29, 0.717) is 6.42 Å². The fourth-order valence-electron chi connectivity index (χ4n) is 3.07. The van der Waals surface area contributed by atoms with Crippen LogP contribution in [0, 0.1) is 13.8 Å². The van der Waals surface area contributed by atoms with Gasteiger partial charge in [0.25, 0.3) is 0 Å². The van der Waals surface area contributed by atoms with Crippen LogP contribution in [-0.2, 0) is 6.42 Å². The van der Waals surface area contributed by atoms with E-state index in [1.807, 2.05) is 0 Å². The molecule has 2 nitrogen and oxygen atoms in total. The second kappa shape index (κ2) is 4.95. The third kappa shape index (κ3) is 2.08. The average Bonchev–Trinajstić information content (AvgIpc) is 2.37. The predicted molar refractivity (Wildman–Crippen MR) is 91.5 cm³/mol. The largest absolute Gasteiger partial charge is 0.294 e. The maximum atomic E-state index is 12.3. The molecule has 1 aliphatic carbocycles. The normalized spacial score (nSPS) is 14.4. The van der Waals surface area contributed by atoms with Crippen molar-refractivity contribution in [3.05, 3.63) is 46.7 Å². The Morgan fingerprint density at radius 2 is 2.05 bits per heavy atom. The molecule has 0 bridgehead atoms. The predicted octanol–water partition coefficient (Wildman–Crippen LogP) is 4.78. The van der Waals surface area contributed by atoms with E-state index in [9.17, 15) is 4.79 Å². The molecule has 0 aliphatic heterocycles. The molecule has 0 unspecified atom stereocenters. The van der Waals surface area contributed by atoms with E-state index in [1.165, 1.54) is 11.1 Å². The molecule has 0 amide bonds. The van der Waals surface area contributed by atoms with Crippen LogP contribution in [0.4, 0.5) is 0 Å². The van der Waals surface area contributed by atoms with Crippen molar-refractivity contribution in [2.24, 2.45) is 0 Å². The Bertz CT molecular complexity index is 761. The maximum Gasteiger partial charge on any atom is 0.165 e. The molecular formula is C17H16INO. The molecule has 0 N–H and O–H groups in total. The molecule has 102 valence electrons. The number of benzene rings is 1. The third-order valence-electron chi connectivity index (χ3n) is 3.87. The zero-order valence-electron chi connectivity index (χ0n) is 11.7. The number of fused-ring (bicyclic) bond motifs is 2. The van der Waals surface area contributed by atoms with E-state index in [2.05, 4.69) is 55.2 Å². The molecule has 0 saturated heterocycles. The molecular weight excluding hydrogens is 361 g/mol. The molecule has 1 aliphatic rings. The number of carbonyl (C=O) groups is 1. The summed E-state index contributed by atoms with van der Waals surface area (Å²) in [7, 11) is 0. The summed E-state index contributed by atoms with van der Waals surface area (Å²) in [6.07, 6.45) is 2.42. The summed E-state index contributed by atoms with van der Waals surface area (Å²) in [5, 5.41) is 1.07. The van der Waals surface area contributed by atoms with E-state index in [1.54, 1.807) is 0 Å². The lowest BCUT2D eigenvalue weighted by Gasteiger charge is -2.20. The van der Waals surface area contributed by atoms with Gasteiger partial charge in [0.1, 0.15) is 0 Å². The highest BCUT2D eigenvalue weighted by atomic mass is 127. The molecule has 1 heterocycles. The number of halogens is 1. The molecule has 1 aromatic carbocycles. The summed E-state index contributed by atoms with van der Waals surface area (Å²) < 4.78 is 0.923. The summed E-state index contributed by atoms with van der Waals surface area (Å²) in [5.41, 5.74) is 6.14. The average molecular weight is 377 g/mol. The molecule has 0 spiro atoms. The highest BCUT2D eigenvalue weighted by molar-refractivity contribution is 14.1. The monoisotopic (exact) mass is 377 g/mol. The molecule has 0 atom stereocenters. The number of rotatable bonds is 1. The standard InChI is InChI=1S/C17H16INO/c1-9-7-10(2)17-12(8-9)15(11(3)18)16-13(19-17)5-4-6-14(16)20/h7-8H,3-6H2,1-2H3. The molecule has 0 radical (unpaired) electrons. The Morgan fingerprint density at radius 1 is 1.30 bits per heavy atom. The van der Waals surface area contributed by atoms with Gasteiger partial charge in [0, 0.05) is 26.5 Å². The molecule has 3 heteroatoms. The van der Waals surface area contributed by atoms with Gasteiger partial charge in [0.2, 0.25) is 0 Å². The minimum Gasteiger partial charge on any atom is -0.294 e. The highest BCUT2D eigenvalue weighted by Gasteiger charge is 2.25. The first-order valence-corrected chi connectivity index (χ1v) is 7.88. The minimum atomic E-state index is 0.215. The van der Waals surface area contributed by atoms with Crippen molar-refractivity contribution >= 4 is 42.9 Å². The van der Waals surface area contributed by atoms with Gasteiger partial charge in [-0.05, 0) is 60.9 Å². The van der Waals surface area contributed by atoms with Gasteiger partial charge < -0.3 is 0 Å². The molecule has 0 fully saturated rings. The van der Waals surface area contributed by atoms with Gasteiger partial charge in [-0.15, -0.1) is 0 Å². The molecule has 1 aromatic heterocycles. The van der Waals surface area contributed by atoms with Crippen LogP contribution in [0.15, 0.2) is 18.7 Å². The highest BCUT2D eigenvalue weighted by Crippen LogP contribution is 2.36. The lowest BCUT2D eigenvalue weighted by atomic mass is 9.88. The topological polar surface area (TPSA) is 30.0 Å². The van der Waals surface area contributed by atoms with Crippen LogP contribution in [0.25, 0.3) is 14.5 Å². The Hall–Kier alpha value is -1.23. The summed E-state index contributed by atoms with van der Waals surface area (Å²) in [5.74, 6) is 0.215. The number of nitrogens with zero attached hydrogens (tertiary/aromatic N) is 1. The van der Waals surface area contributed by atoms with Crippen molar-refractivity contribution in [3.63, 3.8) is 0 Å². The Labute approximate surface area is 132 Å². The van der Waals surface area contributed by atoms with Crippen LogP contribution in [0.5, 0.6) is 0 Å². The summed E-state index contributed by atoms with van der Waals surface area (Å²) in [4.78, 5) is 17.1. The number of aromatic nitrogens is 1. The van der Waals surface area contributed by atoms with E-state index in [-0.39, 0.29) is 5.78 Å². The lowest BCUT2D eigenvalue weighted by molar-refractivity contribution is 0.0971.